The van der Waals surface area contributed by atoms with Gasteiger partial charge in [0.25, 0.3) is 0 Å². The second-order valence-electron chi connectivity index (χ2n) is 3.98. The molecule has 74 valence electrons. The molecule has 0 radical (unpaired) electrons. The number of nitrogens with two attached hydrogens (primary N) is 1. The molecule has 0 aromatic heterocycles. The molecule has 3 nitrogen and oxygen atoms in total. The Morgan fingerprint density at radius 3 is 2.79 bits per heavy atom. The average Bonchev–Trinajstić information content (AvgIpc) is 2.95. The van der Waals surface area contributed by atoms with Gasteiger partial charge in [-0.1, -0.05) is 6.07 Å². The molecule has 14 heavy (non-hydrogen) atoms. The Morgan fingerprint density at radius 1 is 1.21 bits per heavy atom. The number of ether oxygens (including phenoxy) is 2. The van der Waals surface area contributed by atoms with Gasteiger partial charge in [-0.15, -0.1) is 0 Å². The fourth-order valence-electron chi connectivity index (χ4n) is 1.85. The molecular weight excluding hydrogens is 178 g/mol. The summed E-state index contributed by atoms with van der Waals surface area (Å²) in [5.41, 5.74) is 7.26. The molecule has 2 aliphatic rings. The zero-order valence-corrected chi connectivity index (χ0v) is 7.90. The Labute approximate surface area is 82.8 Å². The van der Waals surface area contributed by atoms with E-state index in [0.29, 0.717) is 12.7 Å². The van der Waals surface area contributed by atoms with E-state index in [9.17, 15) is 0 Å². The molecule has 2 N–H and O–H groups in total. The van der Waals surface area contributed by atoms with Crippen LogP contribution in [0.3, 0.4) is 0 Å². The highest BCUT2D eigenvalue weighted by molar-refractivity contribution is 5.45. The normalized spacial score (nSPS) is 20.9. The quantitative estimate of drug-likeness (QED) is 0.775. The Bertz CT molecular complexity index is 360. The first-order valence-corrected chi connectivity index (χ1v) is 5.00. The molecule has 1 aromatic carbocycles. The van der Waals surface area contributed by atoms with Gasteiger partial charge >= 0.3 is 0 Å². The predicted molar refractivity (Wildman–Crippen MR) is 52.2 cm³/mol. The fraction of sp³-hybridized carbons (Fsp3) is 0.455. The first kappa shape index (κ1) is 8.12. The van der Waals surface area contributed by atoms with Gasteiger partial charge in [0, 0.05) is 6.04 Å². The van der Waals surface area contributed by atoms with Crippen molar-refractivity contribution >= 4 is 0 Å². The van der Waals surface area contributed by atoms with Gasteiger partial charge in [-0.05, 0) is 36.5 Å². The van der Waals surface area contributed by atoms with Crippen molar-refractivity contribution in [2.75, 3.05) is 6.79 Å². The lowest BCUT2D eigenvalue weighted by atomic mass is 10.0. The lowest BCUT2D eigenvalue weighted by Gasteiger charge is -2.10. The first-order chi connectivity index (χ1) is 6.84. The number of fused-ring (bicyclic) bond motifs is 1. The van der Waals surface area contributed by atoms with Crippen molar-refractivity contribution in [3.63, 3.8) is 0 Å². The number of benzene rings is 1. The van der Waals surface area contributed by atoms with Crippen molar-refractivity contribution in [2.45, 2.75) is 18.9 Å². The molecule has 0 spiro atoms. The van der Waals surface area contributed by atoms with E-state index in [0.717, 1.165) is 17.1 Å². The van der Waals surface area contributed by atoms with Crippen LogP contribution in [0.25, 0.3) is 0 Å². The summed E-state index contributed by atoms with van der Waals surface area (Å²) in [5, 5.41) is 0. The molecule has 1 aliphatic carbocycles. The monoisotopic (exact) mass is 191 g/mol. The predicted octanol–water partition coefficient (Wildman–Crippen LogP) is 1.83. The third-order valence-corrected chi connectivity index (χ3v) is 2.91. The molecule has 0 amide bonds. The second kappa shape index (κ2) is 2.89. The highest BCUT2D eigenvalue weighted by Crippen LogP contribution is 2.42. The first-order valence-electron chi connectivity index (χ1n) is 5.00. The van der Waals surface area contributed by atoms with Gasteiger partial charge in [0.05, 0.1) is 0 Å². The zero-order valence-electron chi connectivity index (χ0n) is 7.90. The van der Waals surface area contributed by atoms with E-state index >= 15 is 0 Å². The Hall–Kier alpha value is -1.22. The number of rotatable bonds is 2. The molecule has 3 heteroatoms. The topological polar surface area (TPSA) is 44.5 Å². The maximum atomic E-state index is 6.10. The molecule has 0 bridgehead atoms. The molecule has 1 aromatic rings. The van der Waals surface area contributed by atoms with Crippen LogP contribution in [-0.2, 0) is 0 Å². The van der Waals surface area contributed by atoms with Gasteiger partial charge in [-0.3, -0.25) is 0 Å². The number of hydrogen-bond donors (Lipinski definition) is 1. The van der Waals surface area contributed by atoms with Gasteiger partial charge < -0.3 is 15.2 Å². The summed E-state index contributed by atoms with van der Waals surface area (Å²) in [6, 6.07) is 6.16. The Morgan fingerprint density at radius 2 is 2.00 bits per heavy atom. The molecule has 3 rings (SSSR count). The largest absolute Gasteiger partial charge is 0.454 e. The van der Waals surface area contributed by atoms with E-state index in [-0.39, 0.29) is 6.04 Å². The third kappa shape index (κ3) is 1.24. The zero-order chi connectivity index (χ0) is 9.54. The van der Waals surface area contributed by atoms with Crippen LogP contribution >= 0.6 is 0 Å². The van der Waals surface area contributed by atoms with E-state index in [4.69, 9.17) is 15.2 Å². The lowest BCUT2D eigenvalue weighted by molar-refractivity contribution is 0.174. The summed E-state index contributed by atoms with van der Waals surface area (Å²) in [4.78, 5) is 0. The van der Waals surface area contributed by atoms with E-state index < -0.39 is 0 Å². The van der Waals surface area contributed by atoms with Crippen molar-refractivity contribution in [1.82, 2.24) is 0 Å². The van der Waals surface area contributed by atoms with Crippen LogP contribution in [0.1, 0.15) is 24.4 Å². The van der Waals surface area contributed by atoms with Crippen LogP contribution in [0.5, 0.6) is 11.5 Å². The highest BCUT2D eigenvalue weighted by Gasteiger charge is 2.30. The second-order valence-corrected chi connectivity index (χ2v) is 3.98. The molecule has 0 saturated heterocycles. The van der Waals surface area contributed by atoms with Crippen molar-refractivity contribution in [2.24, 2.45) is 11.7 Å². The van der Waals surface area contributed by atoms with E-state index in [1.807, 2.05) is 18.2 Å². The van der Waals surface area contributed by atoms with Crippen LogP contribution in [0, 0.1) is 5.92 Å². The molecule has 1 aliphatic heterocycles. The SMILES string of the molecule is N[C@H](c1ccc2c(c1)OCO2)C1CC1. The van der Waals surface area contributed by atoms with Crippen LogP contribution < -0.4 is 15.2 Å². The van der Waals surface area contributed by atoms with Crippen LogP contribution in [0.2, 0.25) is 0 Å². The molecular formula is C11H13NO2. The van der Waals surface area contributed by atoms with Gasteiger partial charge in [0.15, 0.2) is 11.5 Å². The fourth-order valence-corrected chi connectivity index (χ4v) is 1.85. The highest BCUT2D eigenvalue weighted by atomic mass is 16.7. The molecule has 1 saturated carbocycles. The molecule has 0 unspecified atom stereocenters. The smallest absolute Gasteiger partial charge is 0.231 e. The standard InChI is InChI=1S/C11H13NO2/c12-11(7-1-2-7)8-3-4-9-10(5-8)14-6-13-9/h3-5,7,11H,1-2,6,12H2/t11-/m0/s1. The lowest BCUT2D eigenvalue weighted by Crippen LogP contribution is -2.11. The minimum atomic E-state index is 0.171. The average molecular weight is 191 g/mol. The minimum absolute atomic E-state index is 0.171. The maximum Gasteiger partial charge on any atom is 0.231 e. The van der Waals surface area contributed by atoms with Crippen LogP contribution in [-0.4, -0.2) is 6.79 Å². The van der Waals surface area contributed by atoms with E-state index in [1.165, 1.54) is 12.8 Å². The Balaban J connectivity index is 1.91. The molecule has 1 atom stereocenters. The van der Waals surface area contributed by atoms with Gasteiger partial charge in [-0.25, -0.2) is 0 Å². The van der Waals surface area contributed by atoms with Gasteiger partial charge in [0.2, 0.25) is 6.79 Å². The molecule has 1 heterocycles. The summed E-state index contributed by atoms with van der Waals surface area (Å²) in [7, 11) is 0. The van der Waals surface area contributed by atoms with Crippen molar-refractivity contribution in [3.05, 3.63) is 23.8 Å². The minimum Gasteiger partial charge on any atom is -0.454 e. The summed E-state index contributed by atoms with van der Waals surface area (Å²) >= 11 is 0. The third-order valence-electron chi connectivity index (χ3n) is 2.91. The molecule has 1 fully saturated rings. The van der Waals surface area contributed by atoms with Crippen molar-refractivity contribution in [3.8, 4) is 11.5 Å². The van der Waals surface area contributed by atoms with E-state index in [2.05, 4.69) is 0 Å². The van der Waals surface area contributed by atoms with E-state index in [1.54, 1.807) is 0 Å². The van der Waals surface area contributed by atoms with Crippen LogP contribution in [0.15, 0.2) is 18.2 Å². The number of hydrogen-bond acceptors (Lipinski definition) is 3. The maximum absolute atomic E-state index is 6.10. The Kier molecular flexibility index (Phi) is 1.67. The summed E-state index contributed by atoms with van der Waals surface area (Å²) in [6.07, 6.45) is 2.52. The summed E-state index contributed by atoms with van der Waals surface area (Å²) in [6.45, 7) is 0.331. The van der Waals surface area contributed by atoms with Gasteiger partial charge in [0.1, 0.15) is 0 Å². The summed E-state index contributed by atoms with van der Waals surface area (Å²) in [5.74, 6) is 2.34. The van der Waals surface area contributed by atoms with Crippen LogP contribution in [0.4, 0.5) is 0 Å². The van der Waals surface area contributed by atoms with Crippen molar-refractivity contribution in [1.29, 1.82) is 0 Å². The van der Waals surface area contributed by atoms with Gasteiger partial charge in [-0.2, -0.15) is 0 Å². The van der Waals surface area contributed by atoms with Crippen molar-refractivity contribution < 1.29 is 9.47 Å². The summed E-state index contributed by atoms with van der Waals surface area (Å²) < 4.78 is 10.6.